The van der Waals surface area contributed by atoms with Crippen LogP contribution in [0.5, 0.6) is 0 Å². The van der Waals surface area contributed by atoms with E-state index >= 15 is 0 Å². The maximum absolute atomic E-state index is 10.9. The monoisotopic (exact) mass is 225 g/mol. The van der Waals surface area contributed by atoms with Crippen molar-refractivity contribution in [1.29, 1.82) is 0 Å². The van der Waals surface area contributed by atoms with E-state index in [9.17, 15) is 4.21 Å². The highest BCUT2D eigenvalue weighted by Gasteiger charge is 2.16. The lowest BCUT2D eigenvalue weighted by Gasteiger charge is -2.08. The van der Waals surface area contributed by atoms with Gasteiger partial charge in [-0.1, -0.05) is 0 Å². The van der Waals surface area contributed by atoms with E-state index in [4.69, 9.17) is 0 Å². The van der Waals surface area contributed by atoms with Crippen molar-refractivity contribution in [2.45, 2.75) is 19.3 Å². The van der Waals surface area contributed by atoms with Crippen LogP contribution in [0.15, 0.2) is 6.33 Å². The molecule has 1 N–H and O–H groups in total. The standard InChI is InChI=1S/C10H15N3OS/c1-15(14)6-5-11-10-8-3-2-4-9(8)12-7-13-10/h7H,2-6H2,1H3,(H,11,12,13). The molecular weight excluding hydrogens is 210 g/mol. The Hall–Kier alpha value is -0.970. The lowest BCUT2D eigenvalue weighted by molar-refractivity contribution is 0.687. The molecule has 1 aliphatic rings. The van der Waals surface area contributed by atoms with E-state index in [0.717, 1.165) is 18.7 Å². The number of hydrogen-bond acceptors (Lipinski definition) is 4. The number of aryl methyl sites for hydroxylation is 1. The Morgan fingerprint density at radius 2 is 2.33 bits per heavy atom. The first-order valence-corrected chi connectivity index (χ1v) is 6.87. The number of nitrogens with one attached hydrogen (secondary N) is 1. The van der Waals surface area contributed by atoms with E-state index in [1.165, 1.54) is 17.7 Å². The number of rotatable bonds is 4. The minimum Gasteiger partial charge on any atom is -0.369 e. The molecule has 0 aromatic carbocycles. The second kappa shape index (κ2) is 4.70. The van der Waals surface area contributed by atoms with Crippen LogP contribution >= 0.6 is 0 Å². The third-order valence-corrected chi connectivity index (χ3v) is 3.34. The Morgan fingerprint density at radius 3 is 3.13 bits per heavy atom. The topological polar surface area (TPSA) is 54.9 Å². The first kappa shape index (κ1) is 10.5. The van der Waals surface area contributed by atoms with Crippen molar-refractivity contribution in [1.82, 2.24) is 9.97 Å². The third-order valence-electron chi connectivity index (χ3n) is 2.56. The lowest BCUT2D eigenvalue weighted by atomic mass is 10.2. The first-order valence-electron chi connectivity index (χ1n) is 5.14. The third kappa shape index (κ3) is 2.53. The van der Waals surface area contributed by atoms with Crippen molar-refractivity contribution < 1.29 is 4.21 Å². The molecule has 0 fully saturated rings. The Kier molecular flexibility index (Phi) is 3.30. The summed E-state index contributed by atoms with van der Waals surface area (Å²) in [7, 11) is -0.743. The van der Waals surface area contributed by atoms with Crippen molar-refractivity contribution >= 4 is 16.6 Å². The van der Waals surface area contributed by atoms with Gasteiger partial charge in [0.05, 0.1) is 0 Å². The summed E-state index contributed by atoms with van der Waals surface area (Å²) in [6.07, 6.45) is 6.61. The summed E-state index contributed by atoms with van der Waals surface area (Å²) in [5.74, 6) is 1.60. The molecule has 1 atom stereocenters. The van der Waals surface area contributed by atoms with Gasteiger partial charge in [0.2, 0.25) is 0 Å². The van der Waals surface area contributed by atoms with Crippen LogP contribution in [0.4, 0.5) is 5.82 Å². The van der Waals surface area contributed by atoms with Crippen LogP contribution in [0, 0.1) is 0 Å². The Morgan fingerprint density at radius 1 is 1.47 bits per heavy atom. The maximum atomic E-state index is 10.9. The average molecular weight is 225 g/mol. The Bertz CT molecular complexity index is 381. The van der Waals surface area contributed by atoms with Gasteiger partial charge in [0.25, 0.3) is 0 Å². The quantitative estimate of drug-likeness (QED) is 0.822. The van der Waals surface area contributed by atoms with Crippen LogP contribution in [0.25, 0.3) is 0 Å². The largest absolute Gasteiger partial charge is 0.369 e. The summed E-state index contributed by atoms with van der Waals surface area (Å²) >= 11 is 0. The van der Waals surface area contributed by atoms with Gasteiger partial charge in [0.1, 0.15) is 12.1 Å². The van der Waals surface area contributed by atoms with Crippen LogP contribution in [-0.2, 0) is 23.6 Å². The van der Waals surface area contributed by atoms with Gasteiger partial charge in [-0.25, -0.2) is 9.97 Å². The molecule has 5 heteroatoms. The molecule has 0 saturated carbocycles. The van der Waals surface area contributed by atoms with Gasteiger partial charge in [-0.05, 0) is 19.3 Å². The van der Waals surface area contributed by atoms with E-state index in [1.807, 2.05) is 0 Å². The summed E-state index contributed by atoms with van der Waals surface area (Å²) in [5, 5.41) is 3.23. The summed E-state index contributed by atoms with van der Waals surface area (Å²) in [6, 6.07) is 0. The number of hydrogen-bond donors (Lipinski definition) is 1. The zero-order valence-electron chi connectivity index (χ0n) is 8.82. The first-order chi connectivity index (χ1) is 7.27. The Balaban J connectivity index is 2.02. The predicted octanol–water partition coefficient (Wildman–Crippen LogP) is 0.756. The molecule has 0 aliphatic heterocycles. The summed E-state index contributed by atoms with van der Waals surface area (Å²) in [6.45, 7) is 0.715. The molecule has 1 unspecified atom stereocenters. The molecule has 0 radical (unpaired) electrons. The molecule has 2 rings (SSSR count). The van der Waals surface area contributed by atoms with Crippen molar-refractivity contribution in [2.75, 3.05) is 23.9 Å². The van der Waals surface area contributed by atoms with Gasteiger partial charge in [-0.2, -0.15) is 0 Å². The fraction of sp³-hybridized carbons (Fsp3) is 0.600. The lowest BCUT2D eigenvalue weighted by Crippen LogP contribution is -2.12. The van der Waals surface area contributed by atoms with Gasteiger partial charge in [0, 0.05) is 40.6 Å². The molecule has 82 valence electrons. The second-order valence-corrected chi connectivity index (χ2v) is 5.26. The van der Waals surface area contributed by atoms with Crippen LogP contribution in [0.3, 0.4) is 0 Å². The van der Waals surface area contributed by atoms with E-state index in [2.05, 4.69) is 15.3 Å². The molecule has 1 aliphatic carbocycles. The zero-order chi connectivity index (χ0) is 10.7. The second-order valence-electron chi connectivity index (χ2n) is 3.71. The average Bonchev–Trinajstić information content (AvgIpc) is 2.65. The highest BCUT2D eigenvalue weighted by molar-refractivity contribution is 7.84. The highest BCUT2D eigenvalue weighted by Crippen LogP contribution is 2.24. The SMILES string of the molecule is CS(=O)CCNc1ncnc2c1CCC2. The number of anilines is 1. The van der Waals surface area contributed by atoms with Gasteiger partial charge >= 0.3 is 0 Å². The van der Waals surface area contributed by atoms with Gasteiger partial charge in [0.15, 0.2) is 0 Å². The molecule has 1 aromatic rings. The predicted molar refractivity (Wildman–Crippen MR) is 61.5 cm³/mol. The Labute approximate surface area is 92.0 Å². The van der Waals surface area contributed by atoms with Crippen LogP contribution < -0.4 is 5.32 Å². The smallest absolute Gasteiger partial charge is 0.132 e. The molecule has 1 heterocycles. The normalized spacial score (nSPS) is 16.1. The molecule has 1 aromatic heterocycles. The van der Waals surface area contributed by atoms with Gasteiger partial charge < -0.3 is 5.32 Å². The van der Waals surface area contributed by atoms with E-state index in [-0.39, 0.29) is 0 Å². The zero-order valence-corrected chi connectivity index (χ0v) is 9.64. The highest BCUT2D eigenvalue weighted by atomic mass is 32.2. The van der Waals surface area contributed by atoms with Crippen molar-refractivity contribution in [2.24, 2.45) is 0 Å². The van der Waals surface area contributed by atoms with E-state index in [0.29, 0.717) is 12.3 Å². The molecule has 4 nitrogen and oxygen atoms in total. The maximum Gasteiger partial charge on any atom is 0.132 e. The van der Waals surface area contributed by atoms with Gasteiger partial charge in [-0.3, -0.25) is 4.21 Å². The summed E-state index contributed by atoms with van der Waals surface area (Å²) in [4.78, 5) is 8.48. The molecule has 0 amide bonds. The minimum absolute atomic E-state index is 0.665. The minimum atomic E-state index is -0.743. The number of nitrogens with zero attached hydrogens (tertiary/aromatic N) is 2. The molecule has 15 heavy (non-hydrogen) atoms. The molecule has 0 saturated heterocycles. The van der Waals surface area contributed by atoms with E-state index < -0.39 is 10.8 Å². The van der Waals surface area contributed by atoms with Crippen molar-refractivity contribution in [3.8, 4) is 0 Å². The summed E-state index contributed by atoms with van der Waals surface area (Å²) in [5.41, 5.74) is 2.42. The molecular formula is C10H15N3OS. The van der Waals surface area contributed by atoms with Crippen molar-refractivity contribution in [3.63, 3.8) is 0 Å². The fourth-order valence-corrected chi connectivity index (χ4v) is 2.21. The number of fused-ring (bicyclic) bond motifs is 1. The number of aromatic nitrogens is 2. The molecule has 0 spiro atoms. The molecule has 0 bridgehead atoms. The van der Waals surface area contributed by atoms with Crippen LogP contribution in [-0.4, -0.2) is 32.7 Å². The fourth-order valence-electron chi connectivity index (χ4n) is 1.83. The van der Waals surface area contributed by atoms with Crippen LogP contribution in [0.1, 0.15) is 17.7 Å². The summed E-state index contributed by atoms with van der Waals surface area (Å²) < 4.78 is 10.9. The van der Waals surface area contributed by atoms with Gasteiger partial charge in [-0.15, -0.1) is 0 Å². The van der Waals surface area contributed by atoms with Crippen LogP contribution in [0.2, 0.25) is 0 Å². The van der Waals surface area contributed by atoms with E-state index in [1.54, 1.807) is 12.6 Å². The van der Waals surface area contributed by atoms with Crippen molar-refractivity contribution in [3.05, 3.63) is 17.6 Å².